The fourth-order valence-electron chi connectivity index (χ4n) is 3.04. The van der Waals surface area contributed by atoms with Crippen LogP contribution in [0.4, 0.5) is 0 Å². The van der Waals surface area contributed by atoms with E-state index in [0.717, 1.165) is 18.7 Å². The third kappa shape index (κ3) is 4.73. The summed E-state index contributed by atoms with van der Waals surface area (Å²) in [6, 6.07) is 11.5. The van der Waals surface area contributed by atoms with E-state index in [1.807, 2.05) is 0 Å². The van der Waals surface area contributed by atoms with Crippen molar-refractivity contribution in [2.24, 2.45) is 0 Å². The Labute approximate surface area is 119 Å². The second-order valence-corrected chi connectivity index (χ2v) is 7.05. The molecule has 2 nitrogen and oxygen atoms in total. The minimum Gasteiger partial charge on any atom is -0.313 e. The van der Waals surface area contributed by atoms with E-state index in [-0.39, 0.29) is 0 Å². The second-order valence-electron chi connectivity index (χ2n) is 5.49. The van der Waals surface area contributed by atoms with Gasteiger partial charge in [-0.25, -0.2) is 0 Å². The minimum atomic E-state index is -0.657. The number of nitrogens with one attached hydrogen (secondary N) is 1. The minimum absolute atomic E-state index is 0.599. The molecule has 1 aliphatic carbocycles. The fourth-order valence-corrected chi connectivity index (χ4v) is 3.59. The number of hydrogen-bond acceptors (Lipinski definition) is 2. The number of hydrogen-bond donors (Lipinski definition) is 1. The quantitative estimate of drug-likeness (QED) is 0.811. The van der Waals surface area contributed by atoms with Gasteiger partial charge in [-0.2, -0.15) is 0 Å². The van der Waals surface area contributed by atoms with Crippen LogP contribution >= 0.6 is 0 Å². The zero-order valence-electron chi connectivity index (χ0n) is 11.8. The van der Waals surface area contributed by atoms with Crippen LogP contribution < -0.4 is 5.32 Å². The van der Waals surface area contributed by atoms with E-state index in [1.54, 1.807) is 6.26 Å². The van der Waals surface area contributed by atoms with Gasteiger partial charge in [-0.15, -0.1) is 0 Å². The van der Waals surface area contributed by atoms with E-state index < -0.39 is 10.8 Å². The van der Waals surface area contributed by atoms with Crippen molar-refractivity contribution in [3.63, 3.8) is 0 Å². The molecule has 0 spiro atoms. The van der Waals surface area contributed by atoms with Crippen LogP contribution in [0.5, 0.6) is 0 Å². The summed E-state index contributed by atoms with van der Waals surface area (Å²) < 4.78 is 11.1. The summed E-state index contributed by atoms with van der Waals surface area (Å²) in [5.74, 6) is 1.47. The Morgan fingerprint density at radius 2 is 1.95 bits per heavy atom. The Bertz CT molecular complexity index is 393. The Morgan fingerprint density at radius 3 is 2.68 bits per heavy atom. The Morgan fingerprint density at radius 1 is 1.21 bits per heavy atom. The molecule has 0 aromatic heterocycles. The van der Waals surface area contributed by atoms with Crippen LogP contribution in [0, 0.1) is 0 Å². The van der Waals surface area contributed by atoms with Gasteiger partial charge < -0.3 is 5.32 Å². The maximum absolute atomic E-state index is 11.1. The summed E-state index contributed by atoms with van der Waals surface area (Å²) in [5, 5.41) is 3.69. The van der Waals surface area contributed by atoms with E-state index in [2.05, 4.69) is 35.6 Å². The predicted octanol–water partition coefficient (Wildman–Crippen LogP) is 3.07. The molecule has 106 valence electrons. The van der Waals surface area contributed by atoms with E-state index in [1.165, 1.54) is 31.2 Å². The smallest absolute Gasteiger partial charge is 0.0244 e. The lowest BCUT2D eigenvalue weighted by molar-refractivity contribution is 0.328. The molecule has 3 atom stereocenters. The van der Waals surface area contributed by atoms with Gasteiger partial charge in [0.1, 0.15) is 0 Å². The molecule has 1 aromatic carbocycles. The number of benzene rings is 1. The average Bonchev–Trinajstić information content (AvgIpc) is 2.45. The lowest BCUT2D eigenvalue weighted by Crippen LogP contribution is -2.38. The molecule has 2 rings (SSSR count). The van der Waals surface area contributed by atoms with Gasteiger partial charge in [0.05, 0.1) is 0 Å². The first kappa shape index (κ1) is 14.7. The van der Waals surface area contributed by atoms with Crippen molar-refractivity contribution in [2.75, 3.05) is 18.6 Å². The maximum Gasteiger partial charge on any atom is 0.0244 e. The van der Waals surface area contributed by atoms with Crippen molar-refractivity contribution in [2.45, 2.75) is 44.1 Å². The van der Waals surface area contributed by atoms with Crippen LogP contribution in [0.2, 0.25) is 0 Å². The van der Waals surface area contributed by atoms with E-state index in [9.17, 15) is 4.21 Å². The largest absolute Gasteiger partial charge is 0.313 e. The lowest BCUT2D eigenvalue weighted by Gasteiger charge is -2.32. The van der Waals surface area contributed by atoms with Crippen molar-refractivity contribution in [3.05, 3.63) is 35.9 Å². The average molecular weight is 279 g/mol. The molecule has 0 heterocycles. The summed E-state index contributed by atoms with van der Waals surface area (Å²) >= 11 is 0. The zero-order valence-corrected chi connectivity index (χ0v) is 12.6. The molecule has 0 saturated heterocycles. The third-order valence-corrected chi connectivity index (χ3v) is 4.87. The summed E-state index contributed by atoms with van der Waals surface area (Å²) in [6.45, 7) is 0.994. The van der Waals surface area contributed by atoms with Gasteiger partial charge in [0.2, 0.25) is 0 Å². The van der Waals surface area contributed by atoms with Crippen molar-refractivity contribution in [1.82, 2.24) is 5.32 Å². The first-order valence-corrected chi connectivity index (χ1v) is 9.08. The summed E-state index contributed by atoms with van der Waals surface area (Å²) in [6.07, 6.45) is 8.04. The molecule has 1 aliphatic rings. The molecule has 19 heavy (non-hydrogen) atoms. The molecule has 3 heteroatoms. The van der Waals surface area contributed by atoms with Gasteiger partial charge in [-0.3, -0.25) is 4.21 Å². The third-order valence-electron chi connectivity index (χ3n) is 4.01. The highest BCUT2D eigenvalue weighted by Crippen LogP contribution is 2.32. The first-order chi connectivity index (χ1) is 9.27. The zero-order chi connectivity index (χ0) is 13.5. The van der Waals surface area contributed by atoms with Crippen LogP contribution in [0.3, 0.4) is 0 Å². The Kier molecular flexibility index (Phi) is 6.05. The van der Waals surface area contributed by atoms with E-state index in [4.69, 9.17) is 0 Å². The molecule has 0 aliphatic heterocycles. The standard InChI is InChI=1S/C16H25NOS/c1-19(18)13-7-12-17-16-11-6-5-10-15(16)14-8-3-2-4-9-14/h2-4,8-9,15-17H,5-7,10-13H2,1H3. The highest BCUT2D eigenvalue weighted by atomic mass is 32.2. The molecule has 0 amide bonds. The van der Waals surface area contributed by atoms with Gasteiger partial charge in [-0.05, 0) is 37.3 Å². The lowest BCUT2D eigenvalue weighted by atomic mass is 9.80. The van der Waals surface area contributed by atoms with Crippen LogP contribution in [0.15, 0.2) is 30.3 Å². The van der Waals surface area contributed by atoms with Gasteiger partial charge in [0.15, 0.2) is 0 Å². The van der Waals surface area contributed by atoms with Crippen LogP contribution in [0.25, 0.3) is 0 Å². The Balaban J connectivity index is 1.87. The fraction of sp³-hybridized carbons (Fsp3) is 0.625. The van der Waals surface area contributed by atoms with Crippen molar-refractivity contribution < 1.29 is 4.21 Å². The van der Waals surface area contributed by atoms with Gasteiger partial charge in [0, 0.05) is 28.9 Å². The molecule has 1 N–H and O–H groups in total. The maximum atomic E-state index is 11.1. The number of rotatable bonds is 6. The van der Waals surface area contributed by atoms with E-state index >= 15 is 0 Å². The van der Waals surface area contributed by atoms with Gasteiger partial charge >= 0.3 is 0 Å². The van der Waals surface area contributed by atoms with Crippen molar-refractivity contribution in [1.29, 1.82) is 0 Å². The molecule has 0 bridgehead atoms. The first-order valence-electron chi connectivity index (χ1n) is 7.36. The monoisotopic (exact) mass is 279 g/mol. The highest BCUT2D eigenvalue weighted by molar-refractivity contribution is 7.84. The second kappa shape index (κ2) is 7.81. The van der Waals surface area contributed by atoms with Gasteiger partial charge in [-0.1, -0.05) is 43.2 Å². The van der Waals surface area contributed by atoms with Crippen molar-refractivity contribution >= 4 is 10.8 Å². The van der Waals surface area contributed by atoms with Crippen LogP contribution in [-0.4, -0.2) is 28.8 Å². The van der Waals surface area contributed by atoms with Gasteiger partial charge in [0.25, 0.3) is 0 Å². The molecular formula is C16H25NOS. The normalized spacial score (nSPS) is 25.1. The molecule has 1 fully saturated rings. The SMILES string of the molecule is CS(=O)CCCNC1CCCCC1c1ccccc1. The summed E-state index contributed by atoms with van der Waals surface area (Å²) in [7, 11) is -0.657. The van der Waals surface area contributed by atoms with E-state index in [0.29, 0.717) is 12.0 Å². The van der Waals surface area contributed by atoms with Crippen LogP contribution in [0.1, 0.15) is 43.6 Å². The molecule has 3 unspecified atom stereocenters. The molecule has 0 radical (unpaired) electrons. The highest BCUT2D eigenvalue weighted by Gasteiger charge is 2.25. The van der Waals surface area contributed by atoms with Crippen molar-refractivity contribution in [3.8, 4) is 0 Å². The topological polar surface area (TPSA) is 29.1 Å². The predicted molar refractivity (Wildman–Crippen MR) is 83.0 cm³/mol. The molecule has 1 saturated carbocycles. The summed E-state index contributed by atoms with van der Waals surface area (Å²) in [5.41, 5.74) is 1.47. The molecular weight excluding hydrogens is 254 g/mol. The molecule has 1 aromatic rings. The Hall–Kier alpha value is -0.670. The van der Waals surface area contributed by atoms with Crippen LogP contribution in [-0.2, 0) is 10.8 Å². The summed E-state index contributed by atoms with van der Waals surface area (Å²) in [4.78, 5) is 0.